The van der Waals surface area contributed by atoms with E-state index in [0.29, 0.717) is 0 Å². The van der Waals surface area contributed by atoms with Crippen LogP contribution in [0.25, 0.3) is 0 Å². The van der Waals surface area contributed by atoms with Crippen molar-refractivity contribution in [2.75, 3.05) is 11.1 Å². The monoisotopic (exact) mass is 219 g/mol. The summed E-state index contributed by atoms with van der Waals surface area (Å²) in [7, 11) is 0. The Hall–Kier alpha value is -1.55. The molecule has 15 heavy (non-hydrogen) atoms. The van der Waals surface area contributed by atoms with Crippen LogP contribution >= 0.6 is 11.3 Å². The molecule has 0 spiro atoms. The van der Waals surface area contributed by atoms with Gasteiger partial charge in [-0.05, 0) is 35.4 Å². The lowest BCUT2D eigenvalue weighted by molar-refractivity contribution is 0.880. The van der Waals surface area contributed by atoms with Crippen LogP contribution in [0, 0.1) is 0 Å². The van der Waals surface area contributed by atoms with Crippen molar-refractivity contribution in [3.05, 3.63) is 40.7 Å². The van der Waals surface area contributed by atoms with Gasteiger partial charge in [-0.15, -0.1) is 0 Å². The molecule has 0 saturated carbocycles. The topological polar surface area (TPSA) is 50.9 Å². The summed E-state index contributed by atoms with van der Waals surface area (Å²) in [6, 6.07) is 5.98. The van der Waals surface area contributed by atoms with Crippen molar-refractivity contribution < 1.29 is 0 Å². The van der Waals surface area contributed by atoms with Crippen LogP contribution in [-0.2, 0) is 0 Å². The van der Waals surface area contributed by atoms with E-state index in [1.165, 1.54) is 5.56 Å². The molecule has 0 aromatic carbocycles. The molecule has 0 aliphatic heterocycles. The number of hydrogen-bond donors (Lipinski definition) is 2. The number of anilines is 2. The highest BCUT2D eigenvalue weighted by atomic mass is 32.1. The van der Waals surface area contributed by atoms with E-state index in [9.17, 15) is 0 Å². The molecule has 0 saturated heterocycles. The number of nitrogens with zero attached hydrogens (tertiary/aromatic N) is 1. The summed E-state index contributed by atoms with van der Waals surface area (Å²) in [5, 5.41) is 7.50. The second kappa shape index (κ2) is 4.31. The average molecular weight is 219 g/mol. The lowest BCUT2D eigenvalue weighted by Gasteiger charge is -2.13. The van der Waals surface area contributed by atoms with E-state index < -0.39 is 0 Å². The third-order valence-corrected chi connectivity index (χ3v) is 2.89. The molecule has 1 atom stereocenters. The van der Waals surface area contributed by atoms with Gasteiger partial charge in [-0.3, -0.25) is 0 Å². The van der Waals surface area contributed by atoms with Crippen molar-refractivity contribution in [1.29, 1.82) is 0 Å². The fraction of sp³-hybridized carbons (Fsp3) is 0.182. The summed E-state index contributed by atoms with van der Waals surface area (Å²) in [6.07, 6.45) is 1.71. The largest absolute Gasteiger partial charge is 0.399 e. The Bertz CT molecular complexity index is 425. The van der Waals surface area contributed by atoms with Crippen LogP contribution in [0.5, 0.6) is 0 Å². The van der Waals surface area contributed by atoms with Gasteiger partial charge in [0.25, 0.3) is 0 Å². The maximum Gasteiger partial charge on any atom is 0.128 e. The standard InChI is InChI=1S/C11H13N3S/c1-8(9-3-5-15-7-9)14-11-6-10(12)2-4-13-11/h2-8H,1H3,(H3,12,13,14). The number of aromatic nitrogens is 1. The normalized spacial score (nSPS) is 12.3. The number of nitrogen functional groups attached to an aromatic ring is 1. The first-order valence-corrected chi connectivity index (χ1v) is 5.70. The lowest BCUT2D eigenvalue weighted by atomic mass is 10.2. The van der Waals surface area contributed by atoms with Gasteiger partial charge in [-0.2, -0.15) is 11.3 Å². The molecule has 0 bridgehead atoms. The molecule has 0 aliphatic carbocycles. The van der Waals surface area contributed by atoms with Crippen LogP contribution in [0.15, 0.2) is 35.2 Å². The zero-order chi connectivity index (χ0) is 10.7. The molecule has 0 aliphatic rings. The fourth-order valence-electron chi connectivity index (χ4n) is 1.35. The first-order chi connectivity index (χ1) is 7.25. The van der Waals surface area contributed by atoms with Crippen LogP contribution in [0.3, 0.4) is 0 Å². The molecule has 0 radical (unpaired) electrons. The molecule has 2 aromatic rings. The minimum absolute atomic E-state index is 0.255. The molecular weight excluding hydrogens is 206 g/mol. The third-order valence-electron chi connectivity index (χ3n) is 2.19. The molecule has 3 N–H and O–H groups in total. The van der Waals surface area contributed by atoms with Crippen LogP contribution < -0.4 is 11.1 Å². The van der Waals surface area contributed by atoms with E-state index in [2.05, 4.69) is 34.1 Å². The molecule has 2 heterocycles. The zero-order valence-electron chi connectivity index (χ0n) is 8.47. The van der Waals surface area contributed by atoms with Gasteiger partial charge < -0.3 is 11.1 Å². The minimum atomic E-state index is 0.255. The number of pyridine rings is 1. The van der Waals surface area contributed by atoms with Crippen molar-refractivity contribution >= 4 is 22.8 Å². The maximum atomic E-state index is 5.68. The maximum absolute atomic E-state index is 5.68. The second-order valence-corrected chi connectivity index (χ2v) is 4.18. The highest BCUT2D eigenvalue weighted by Crippen LogP contribution is 2.20. The number of nitrogens with one attached hydrogen (secondary N) is 1. The molecule has 1 unspecified atom stereocenters. The first-order valence-electron chi connectivity index (χ1n) is 4.76. The highest BCUT2D eigenvalue weighted by Gasteiger charge is 2.05. The predicted octanol–water partition coefficient (Wildman–Crippen LogP) is 2.90. The zero-order valence-corrected chi connectivity index (χ0v) is 9.29. The SMILES string of the molecule is CC(Nc1cc(N)ccn1)c1ccsc1. The van der Waals surface area contributed by atoms with E-state index >= 15 is 0 Å². The van der Waals surface area contributed by atoms with Gasteiger partial charge in [0.05, 0.1) is 6.04 Å². The van der Waals surface area contributed by atoms with E-state index in [0.717, 1.165) is 11.5 Å². The summed E-state index contributed by atoms with van der Waals surface area (Å²) in [4.78, 5) is 4.20. The van der Waals surface area contributed by atoms with Gasteiger partial charge in [0.15, 0.2) is 0 Å². The van der Waals surface area contributed by atoms with Gasteiger partial charge in [-0.1, -0.05) is 0 Å². The fourth-order valence-corrected chi connectivity index (χ4v) is 2.11. The Labute approximate surface area is 93.0 Å². The van der Waals surface area contributed by atoms with Crippen LogP contribution in [0.4, 0.5) is 11.5 Å². The van der Waals surface area contributed by atoms with Crippen LogP contribution in [-0.4, -0.2) is 4.98 Å². The van der Waals surface area contributed by atoms with Gasteiger partial charge in [0.1, 0.15) is 5.82 Å². The number of rotatable bonds is 3. The minimum Gasteiger partial charge on any atom is -0.399 e. The van der Waals surface area contributed by atoms with E-state index in [1.54, 1.807) is 23.6 Å². The van der Waals surface area contributed by atoms with Gasteiger partial charge >= 0.3 is 0 Å². The van der Waals surface area contributed by atoms with Gasteiger partial charge in [0.2, 0.25) is 0 Å². The molecular formula is C11H13N3S. The molecule has 2 rings (SSSR count). The number of hydrogen-bond acceptors (Lipinski definition) is 4. The number of nitrogens with two attached hydrogens (primary N) is 1. The predicted molar refractivity (Wildman–Crippen MR) is 65.0 cm³/mol. The summed E-state index contributed by atoms with van der Waals surface area (Å²) in [6.45, 7) is 2.10. The van der Waals surface area contributed by atoms with Crippen molar-refractivity contribution in [2.45, 2.75) is 13.0 Å². The second-order valence-electron chi connectivity index (χ2n) is 3.40. The molecule has 0 fully saturated rings. The summed E-state index contributed by atoms with van der Waals surface area (Å²) >= 11 is 1.70. The lowest BCUT2D eigenvalue weighted by Crippen LogP contribution is -2.07. The average Bonchev–Trinajstić information content (AvgIpc) is 2.70. The van der Waals surface area contributed by atoms with Crippen LogP contribution in [0.2, 0.25) is 0 Å². The van der Waals surface area contributed by atoms with Crippen LogP contribution in [0.1, 0.15) is 18.5 Å². The first kappa shape index (κ1) is 9.98. The Kier molecular flexibility index (Phi) is 2.87. The van der Waals surface area contributed by atoms with Crippen molar-refractivity contribution in [3.63, 3.8) is 0 Å². The third kappa shape index (κ3) is 2.47. The van der Waals surface area contributed by atoms with Crippen molar-refractivity contribution in [2.24, 2.45) is 0 Å². The Morgan fingerprint density at radius 2 is 2.33 bits per heavy atom. The summed E-state index contributed by atoms with van der Waals surface area (Å²) in [5.41, 5.74) is 7.67. The molecule has 2 aromatic heterocycles. The highest BCUT2D eigenvalue weighted by molar-refractivity contribution is 7.07. The molecule has 0 amide bonds. The Morgan fingerprint density at radius 3 is 3.00 bits per heavy atom. The molecule has 3 nitrogen and oxygen atoms in total. The smallest absolute Gasteiger partial charge is 0.128 e. The van der Waals surface area contributed by atoms with Crippen molar-refractivity contribution in [1.82, 2.24) is 4.98 Å². The van der Waals surface area contributed by atoms with Gasteiger partial charge in [-0.25, -0.2) is 4.98 Å². The Morgan fingerprint density at radius 1 is 1.47 bits per heavy atom. The Balaban J connectivity index is 2.09. The molecule has 4 heteroatoms. The summed E-state index contributed by atoms with van der Waals surface area (Å²) < 4.78 is 0. The van der Waals surface area contributed by atoms with E-state index in [1.807, 2.05) is 6.07 Å². The van der Waals surface area contributed by atoms with Crippen molar-refractivity contribution in [3.8, 4) is 0 Å². The van der Waals surface area contributed by atoms with E-state index in [-0.39, 0.29) is 6.04 Å². The quantitative estimate of drug-likeness (QED) is 0.834. The number of thiophene rings is 1. The van der Waals surface area contributed by atoms with E-state index in [4.69, 9.17) is 5.73 Å². The summed E-state index contributed by atoms with van der Waals surface area (Å²) in [5.74, 6) is 0.814. The van der Waals surface area contributed by atoms with Gasteiger partial charge in [0, 0.05) is 18.0 Å². The molecule has 78 valence electrons.